The molecule has 120 valence electrons. The third-order valence-electron chi connectivity index (χ3n) is 4.04. The number of hydrogen-bond acceptors (Lipinski definition) is 3. The number of aromatic amines is 1. The summed E-state index contributed by atoms with van der Waals surface area (Å²) in [4.78, 5) is 37.1. The van der Waals surface area contributed by atoms with Gasteiger partial charge in [0.1, 0.15) is 11.7 Å². The van der Waals surface area contributed by atoms with E-state index in [0.717, 1.165) is 5.56 Å². The fourth-order valence-corrected chi connectivity index (χ4v) is 2.81. The molecule has 1 aromatic heterocycles. The number of aliphatic carboxylic acids is 1. The number of H-pyrrole nitrogens is 1. The minimum absolute atomic E-state index is 0.101. The van der Waals surface area contributed by atoms with E-state index in [0.29, 0.717) is 25.1 Å². The van der Waals surface area contributed by atoms with E-state index < -0.39 is 17.9 Å². The Morgan fingerprint density at radius 3 is 2.61 bits per heavy atom. The molecule has 1 saturated heterocycles. The molecule has 1 amide bonds. The maximum Gasteiger partial charge on any atom is 0.326 e. The van der Waals surface area contributed by atoms with Crippen molar-refractivity contribution in [2.24, 2.45) is 0 Å². The molecule has 1 aromatic carbocycles. The summed E-state index contributed by atoms with van der Waals surface area (Å²) in [5, 5.41) is 11.9. The van der Waals surface area contributed by atoms with Gasteiger partial charge in [0.05, 0.1) is 5.69 Å². The molecule has 0 aliphatic carbocycles. The predicted molar refractivity (Wildman–Crippen MR) is 82.8 cm³/mol. The van der Waals surface area contributed by atoms with Crippen LogP contribution in [0.3, 0.4) is 0 Å². The number of nitrogens with zero attached hydrogens (tertiary/aromatic N) is 2. The minimum Gasteiger partial charge on any atom is -0.480 e. The van der Waals surface area contributed by atoms with Gasteiger partial charge in [0.15, 0.2) is 0 Å². The Hall–Kier alpha value is -2.83. The first-order valence-electron chi connectivity index (χ1n) is 7.40. The number of likely N-dealkylation sites (tertiary alicyclic amines) is 1. The molecule has 0 unspecified atom stereocenters. The van der Waals surface area contributed by atoms with E-state index in [-0.39, 0.29) is 11.3 Å². The van der Waals surface area contributed by atoms with E-state index >= 15 is 0 Å². The lowest BCUT2D eigenvalue weighted by Crippen LogP contribution is -2.40. The van der Waals surface area contributed by atoms with Gasteiger partial charge in [-0.05, 0) is 31.9 Å². The van der Waals surface area contributed by atoms with E-state index in [1.807, 2.05) is 19.1 Å². The summed E-state index contributed by atoms with van der Waals surface area (Å²) in [5.41, 5.74) is 1.42. The largest absolute Gasteiger partial charge is 0.480 e. The van der Waals surface area contributed by atoms with E-state index in [2.05, 4.69) is 5.10 Å². The van der Waals surface area contributed by atoms with Crippen molar-refractivity contribution < 1.29 is 14.7 Å². The third-order valence-corrected chi connectivity index (χ3v) is 4.04. The van der Waals surface area contributed by atoms with E-state index in [1.54, 1.807) is 12.1 Å². The monoisotopic (exact) mass is 315 g/mol. The highest BCUT2D eigenvalue weighted by Gasteiger charge is 2.35. The Bertz CT molecular complexity index is 803. The molecule has 1 aliphatic rings. The van der Waals surface area contributed by atoms with Crippen molar-refractivity contribution in [3.63, 3.8) is 0 Å². The maximum absolute atomic E-state index is 12.5. The summed E-state index contributed by atoms with van der Waals surface area (Å²) in [6, 6.07) is 7.67. The quantitative estimate of drug-likeness (QED) is 0.888. The van der Waals surface area contributed by atoms with Gasteiger partial charge in [0.25, 0.3) is 11.5 Å². The number of hydrogen-bond donors (Lipinski definition) is 2. The van der Waals surface area contributed by atoms with Crippen LogP contribution in [0.2, 0.25) is 0 Å². The molecular formula is C16H17N3O4. The number of rotatable bonds is 3. The molecule has 1 atom stereocenters. The number of carbonyl (C=O) groups excluding carboxylic acids is 1. The van der Waals surface area contributed by atoms with Crippen LogP contribution in [0.15, 0.2) is 35.1 Å². The Morgan fingerprint density at radius 2 is 1.96 bits per heavy atom. The van der Waals surface area contributed by atoms with Crippen molar-refractivity contribution in [3.8, 4) is 5.69 Å². The van der Waals surface area contributed by atoms with Crippen molar-refractivity contribution in [2.45, 2.75) is 25.8 Å². The molecule has 0 radical (unpaired) electrons. The summed E-state index contributed by atoms with van der Waals surface area (Å²) in [6.07, 6.45) is 1.08. The van der Waals surface area contributed by atoms with Crippen molar-refractivity contribution in [3.05, 3.63) is 51.9 Å². The van der Waals surface area contributed by atoms with E-state index in [4.69, 9.17) is 0 Å². The summed E-state index contributed by atoms with van der Waals surface area (Å²) in [5.74, 6) is -1.48. The molecule has 2 N–H and O–H groups in total. The fraction of sp³-hybridized carbons (Fsp3) is 0.312. The molecule has 0 bridgehead atoms. The average Bonchev–Trinajstić information content (AvgIpc) is 3.14. The van der Waals surface area contributed by atoms with Crippen molar-refractivity contribution in [2.75, 3.05) is 6.54 Å². The van der Waals surface area contributed by atoms with Gasteiger partial charge in [-0.25, -0.2) is 9.48 Å². The standard InChI is InChI=1S/C16H17N3O4/c1-10-4-6-11(7-5-10)19-14(20)9-12(17-19)15(21)18-8-2-3-13(18)16(22)23/h4-7,9,13,17H,2-3,8H2,1H3,(H,22,23)/t13-/m0/s1. The number of aryl methyl sites for hydroxylation is 1. The first-order valence-corrected chi connectivity index (χ1v) is 7.40. The van der Waals surface area contributed by atoms with E-state index in [9.17, 15) is 19.5 Å². The van der Waals surface area contributed by atoms with Gasteiger partial charge < -0.3 is 10.0 Å². The van der Waals surface area contributed by atoms with Crippen LogP contribution < -0.4 is 5.56 Å². The number of carboxylic acids is 1. The first-order chi connectivity index (χ1) is 11.0. The van der Waals surface area contributed by atoms with Gasteiger partial charge in [-0.2, -0.15) is 0 Å². The predicted octanol–water partition coefficient (Wildman–Crippen LogP) is 1.16. The molecule has 2 aromatic rings. The number of carboxylic acid groups (broad SMARTS) is 1. The lowest BCUT2D eigenvalue weighted by Gasteiger charge is -2.20. The summed E-state index contributed by atoms with van der Waals surface area (Å²) < 4.78 is 1.28. The molecule has 1 fully saturated rings. The van der Waals surface area contributed by atoms with Crippen molar-refractivity contribution in [1.29, 1.82) is 0 Å². The molecule has 3 rings (SSSR count). The number of nitrogens with one attached hydrogen (secondary N) is 1. The van der Waals surface area contributed by atoms with Crippen LogP contribution in [0.1, 0.15) is 28.9 Å². The van der Waals surface area contributed by atoms with Gasteiger partial charge in [-0.15, -0.1) is 0 Å². The highest BCUT2D eigenvalue weighted by molar-refractivity contribution is 5.95. The Morgan fingerprint density at radius 1 is 1.26 bits per heavy atom. The highest BCUT2D eigenvalue weighted by Crippen LogP contribution is 2.19. The van der Waals surface area contributed by atoms with Crippen LogP contribution >= 0.6 is 0 Å². The molecule has 0 spiro atoms. The summed E-state index contributed by atoms with van der Waals surface area (Å²) in [7, 11) is 0. The van der Waals surface area contributed by atoms with Gasteiger partial charge in [-0.3, -0.25) is 14.7 Å². The smallest absolute Gasteiger partial charge is 0.326 e. The van der Waals surface area contributed by atoms with Gasteiger partial charge in [0.2, 0.25) is 0 Å². The Labute approximate surface area is 132 Å². The van der Waals surface area contributed by atoms with Crippen LogP contribution in [0, 0.1) is 6.92 Å². The van der Waals surface area contributed by atoms with Gasteiger partial charge in [0, 0.05) is 12.6 Å². The van der Waals surface area contributed by atoms with E-state index in [1.165, 1.54) is 15.6 Å². The first kappa shape index (κ1) is 15.1. The maximum atomic E-state index is 12.5. The fourth-order valence-electron chi connectivity index (χ4n) is 2.81. The summed E-state index contributed by atoms with van der Waals surface area (Å²) in [6.45, 7) is 2.32. The zero-order valence-corrected chi connectivity index (χ0v) is 12.7. The second-order valence-corrected chi connectivity index (χ2v) is 5.67. The van der Waals surface area contributed by atoms with Gasteiger partial charge in [-0.1, -0.05) is 17.7 Å². The number of aromatic nitrogens is 2. The number of amides is 1. The third kappa shape index (κ3) is 2.77. The molecular weight excluding hydrogens is 298 g/mol. The topological polar surface area (TPSA) is 95.4 Å². The average molecular weight is 315 g/mol. The van der Waals surface area contributed by atoms with Crippen LogP contribution in [0.25, 0.3) is 5.69 Å². The van der Waals surface area contributed by atoms with Gasteiger partial charge >= 0.3 is 5.97 Å². The highest BCUT2D eigenvalue weighted by atomic mass is 16.4. The zero-order valence-electron chi connectivity index (χ0n) is 12.7. The lowest BCUT2D eigenvalue weighted by molar-refractivity contribution is -0.141. The lowest BCUT2D eigenvalue weighted by atomic mass is 10.2. The number of carbonyl (C=O) groups is 2. The number of benzene rings is 1. The molecule has 23 heavy (non-hydrogen) atoms. The minimum atomic E-state index is -1.02. The molecule has 2 heterocycles. The Balaban J connectivity index is 1.91. The second kappa shape index (κ2) is 5.75. The zero-order chi connectivity index (χ0) is 16.6. The second-order valence-electron chi connectivity index (χ2n) is 5.67. The molecule has 1 aliphatic heterocycles. The van der Waals surface area contributed by atoms with Crippen molar-refractivity contribution >= 4 is 11.9 Å². The van der Waals surface area contributed by atoms with Crippen LogP contribution in [0.4, 0.5) is 0 Å². The van der Waals surface area contributed by atoms with Crippen molar-refractivity contribution in [1.82, 2.24) is 14.7 Å². The van der Waals surface area contributed by atoms with Crippen LogP contribution in [-0.2, 0) is 4.79 Å². The van der Waals surface area contributed by atoms with Crippen LogP contribution in [-0.4, -0.2) is 44.3 Å². The summed E-state index contributed by atoms with van der Waals surface area (Å²) >= 11 is 0. The molecule has 0 saturated carbocycles. The SMILES string of the molecule is Cc1ccc(-n2[nH]c(C(=O)N3CCC[C@H]3C(=O)O)cc2=O)cc1. The Kier molecular flexibility index (Phi) is 3.77. The van der Waals surface area contributed by atoms with Crippen LogP contribution in [0.5, 0.6) is 0 Å². The molecule has 7 nitrogen and oxygen atoms in total. The normalized spacial score (nSPS) is 17.4. The molecule has 7 heteroatoms.